The summed E-state index contributed by atoms with van der Waals surface area (Å²) < 4.78 is 44.0. The minimum atomic E-state index is -4.37. The Morgan fingerprint density at radius 3 is 2.68 bits per heavy atom. The van der Waals surface area contributed by atoms with Gasteiger partial charge >= 0.3 is 6.18 Å². The molecule has 3 aromatic rings. The Kier molecular flexibility index (Phi) is 5.88. The minimum Gasteiger partial charge on any atom is -0.466 e. The summed E-state index contributed by atoms with van der Waals surface area (Å²) in [5, 5.41) is 3.19. The summed E-state index contributed by atoms with van der Waals surface area (Å²) in [7, 11) is 0. The number of nitrogens with one attached hydrogen (secondary N) is 1. The number of amides is 1. The Morgan fingerprint density at radius 1 is 1.21 bits per heavy atom. The van der Waals surface area contributed by atoms with Crippen molar-refractivity contribution in [2.75, 3.05) is 5.32 Å². The lowest BCUT2D eigenvalue weighted by Gasteiger charge is -2.08. The van der Waals surface area contributed by atoms with E-state index in [2.05, 4.69) is 10.3 Å². The number of aryl methyl sites for hydroxylation is 3. The van der Waals surface area contributed by atoms with Gasteiger partial charge in [-0.2, -0.15) is 13.2 Å². The third-order valence-electron chi connectivity index (χ3n) is 4.15. The number of furan rings is 1. The summed E-state index contributed by atoms with van der Waals surface area (Å²) in [4.78, 5) is 17.2. The first-order valence-corrected chi connectivity index (χ1v) is 9.50. The van der Waals surface area contributed by atoms with E-state index >= 15 is 0 Å². The molecule has 0 spiro atoms. The first kappa shape index (κ1) is 20.1. The van der Waals surface area contributed by atoms with E-state index in [1.807, 2.05) is 19.1 Å². The molecular formula is C20H19F3N2O2S. The third kappa shape index (κ3) is 5.22. The van der Waals surface area contributed by atoms with Crippen LogP contribution in [-0.4, -0.2) is 10.9 Å². The van der Waals surface area contributed by atoms with Crippen LogP contribution in [0.2, 0.25) is 0 Å². The third-order valence-corrected chi connectivity index (χ3v) is 5.23. The van der Waals surface area contributed by atoms with Crippen LogP contribution in [0.25, 0.3) is 0 Å². The van der Waals surface area contributed by atoms with Gasteiger partial charge in [-0.1, -0.05) is 18.2 Å². The van der Waals surface area contributed by atoms with Crippen molar-refractivity contribution in [3.8, 4) is 0 Å². The normalized spacial score (nSPS) is 11.6. The minimum absolute atomic E-state index is 0.187. The number of thiazole rings is 1. The van der Waals surface area contributed by atoms with Gasteiger partial charge in [0.15, 0.2) is 5.13 Å². The zero-order valence-corrected chi connectivity index (χ0v) is 16.2. The summed E-state index contributed by atoms with van der Waals surface area (Å²) in [6.07, 6.45) is -3.30. The zero-order valence-electron chi connectivity index (χ0n) is 15.4. The average Bonchev–Trinajstić information content (AvgIpc) is 3.18. The molecule has 3 rings (SSSR count). The van der Waals surface area contributed by atoms with E-state index in [0.29, 0.717) is 29.2 Å². The smallest absolute Gasteiger partial charge is 0.416 e. The summed E-state index contributed by atoms with van der Waals surface area (Å²) in [6, 6.07) is 8.92. The van der Waals surface area contributed by atoms with Crippen molar-refractivity contribution in [2.24, 2.45) is 0 Å². The van der Waals surface area contributed by atoms with E-state index in [0.717, 1.165) is 28.5 Å². The highest BCUT2D eigenvalue weighted by molar-refractivity contribution is 7.15. The van der Waals surface area contributed by atoms with Gasteiger partial charge in [-0.25, -0.2) is 4.98 Å². The Labute approximate surface area is 164 Å². The fourth-order valence-electron chi connectivity index (χ4n) is 2.73. The van der Waals surface area contributed by atoms with Gasteiger partial charge in [0.25, 0.3) is 0 Å². The van der Waals surface area contributed by atoms with Crippen molar-refractivity contribution in [2.45, 2.75) is 39.3 Å². The van der Waals surface area contributed by atoms with Gasteiger partial charge in [-0.3, -0.25) is 4.79 Å². The highest BCUT2D eigenvalue weighted by Crippen LogP contribution is 2.31. The van der Waals surface area contributed by atoms with E-state index < -0.39 is 11.7 Å². The number of rotatable bonds is 6. The molecule has 0 saturated carbocycles. The Morgan fingerprint density at radius 2 is 2.00 bits per heavy atom. The van der Waals surface area contributed by atoms with Crippen molar-refractivity contribution in [3.05, 3.63) is 69.6 Å². The molecule has 0 saturated heterocycles. The summed E-state index contributed by atoms with van der Waals surface area (Å²) in [5.74, 6) is 1.35. The maximum Gasteiger partial charge on any atom is 0.416 e. The van der Waals surface area contributed by atoms with Crippen LogP contribution in [-0.2, 0) is 23.8 Å². The van der Waals surface area contributed by atoms with Crippen LogP contribution in [0.3, 0.4) is 0 Å². The highest BCUT2D eigenvalue weighted by atomic mass is 32.1. The van der Waals surface area contributed by atoms with Crippen LogP contribution in [0.1, 0.15) is 39.6 Å². The molecule has 0 atom stereocenters. The van der Waals surface area contributed by atoms with E-state index in [1.54, 1.807) is 13.0 Å². The second-order valence-electron chi connectivity index (χ2n) is 6.46. The molecule has 8 heteroatoms. The molecule has 2 heterocycles. The molecule has 2 aromatic heterocycles. The van der Waals surface area contributed by atoms with Crippen molar-refractivity contribution in [1.29, 1.82) is 0 Å². The number of anilines is 1. The Balaban J connectivity index is 1.62. The standard InChI is InChI=1S/C20H19F3N2O2S/c1-12-6-7-16(27-12)8-9-18(26)25-19-24-13(2)17(28-19)11-14-4-3-5-15(10-14)20(21,22)23/h3-7,10H,8-9,11H2,1-2H3,(H,24,25,26). The SMILES string of the molecule is Cc1ccc(CCC(=O)Nc2nc(C)c(Cc3cccc(C(F)(F)F)c3)s2)o1. The van der Waals surface area contributed by atoms with Crippen molar-refractivity contribution in [3.63, 3.8) is 0 Å². The molecular weight excluding hydrogens is 389 g/mol. The number of nitrogens with zero attached hydrogens (tertiary/aromatic N) is 1. The maximum absolute atomic E-state index is 12.9. The molecule has 1 amide bonds. The molecule has 0 radical (unpaired) electrons. The Bertz CT molecular complexity index is 976. The number of hydrogen-bond acceptors (Lipinski definition) is 4. The molecule has 1 aromatic carbocycles. The van der Waals surface area contributed by atoms with Crippen LogP contribution in [0.5, 0.6) is 0 Å². The number of hydrogen-bond donors (Lipinski definition) is 1. The van der Waals surface area contributed by atoms with E-state index in [-0.39, 0.29) is 12.3 Å². The molecule has 1 N–H and O–H groups in total. The fourth-order valence-corrected chi connectivity index (χ4v) is 3.74. The lowest BCUT2D eigenvalue weighted by molar-refractivity contribution is -0.137. The quantitative estimate of drug-likeness (QED) is 0.583. The van der Waals surface area contributed by atoms with Crippen LogP contribution in [0.4, 0.5) is 18.3 Å². The van der Waals surface area contributed by atoms with Crippen LogP contribution >= 0.6 is 11.3 Å². The summed E-state index contributed by atoms with van der Waals surface area (Å²) in [6.45, 7) is 3.62. The van der Waals surface area contributed by atoms with Crippen molar-refractivity contribution >= 4 is 22.4 Å². The molecule has 0 fully saturated rings. The average molecular weight is 408 g/mol. The number of aromatic nitrogens is 1. The van der Waals surface area contributed by atoms with Gasteiger partial charge in [0.1, 0.15) is 11.5 Å². The highest BCUT2D eigenvalue weighted by Gasteiger charge is 2.30. The first-order valence-electron chi connectivity index (χ1n) is 8.68. The lowest BCUT2D eigenvalue weighted by Crippen LogP contribution is -2.11. The number of benzene rings is 1. The second kappa shape index (κ2) is 8.18. The number of carbonyl (C=O) groups excluding carboxylic acids is 1. The topological polar surface area (TPSA) is 55.1 Å². The molecule has 0 bridgehead atoms. The molecule has 28 heavy (non-hydrogen) atoms. The largest absolute Gasteiger partial charge is 0.466 e. The Hall–Kier alpha value is -2.61. The number of alkyl halides is 3. The van der Waals surface area contributed by atoms with Gasteiger partial charge in [-0.15, -0.1) is 11.3 Å². The molecule has 0 aliphatic carbocycles. The predicted octanol–water partition coefficient (Wildman–Crippen LogP) is 5.53. The van der Waals surface area contributed by atoms with Gasteiger partial charge in [0.2, 0.25) is 5.91 Å². The van der Waals surface area contributed by atoms with E-state index in [9.17, 15) is 18.0 Å². The van der Waals surface area contributed by atoms with Crippen molar-refractivity contribution < 1.29 is 22.4 Å². The molecule has 0 aliphatic rings. The fraction of sp³-hybridized carbons (Fsp3) is 0.300. The van der Waals surface area contributed by atoms with E-state index in [1.165, 1.54) is 17.4 Å². The van der Waals surface area contributed by atoms with Crippen LogP contribution in [0.15, 0.2) is 40.8 Å². The number of halogens is 3. The van der Waals surface area contributed by atoms with Gasteiger partial charge in [0, 0.05) is 24.1 Å². The summed E-state index contributed by atoms with van der Waals surface area (Å²) >= 11 is 1.27. The lowest BCUT2D eigenvalue weighted by atomic mass is 10.1. The molecule has 4 nitrogen and oxygen atoms in total. The van der Waals surface area contributed by atoms with Gasteiger partial charge < -0.3 is 9.73 Å². The van der Waals surface area contributed by atoms with Crippen molar-refractivity contribution in [1.82, 2.24) is 4.98 Å². The van der Waals surface area contributed by atoms with Crippen LogP contribution < -0.4 is 5.32 Å². The second-order valence-corrected chi connectivity index (χ2v) is 7.55. The molecule has 0 unspecified atom stereocenters. The van der Waals surface area contributed by atoms with Crippen LogP contribution in [0, 0.1) is 13.8 Å². The molecule has 0 aliphatic heterocycles. The zero-order chi connectivity index (χ0) is 20.3. The van der Waals surface area contributed by atoms with Gasteiger partial charge in [0.05, 0.1) is 11.3 Å². The number of carbonyl (C=O) groups is 1. The summed E-state index contributed by atoms with van der Waals surface area (Å²) in [5.41, 5.74) is 0.570. The molecule has 148 valence electrons. The van der Waals surface area contributed by atoms with E-state index in [4.69, 9.17) is 4.42 Å². The maximum atomic E-state index is 12.9. The monoisotopic (exact) mass is 408 g/mol. The first-order chi connectivity index (χ1) is 13.2. The van der Waals surface area contributed by atoms with Gasteiger partial charge in [-0.05, 0) is 37.6 Å². The predicted molar refractivity (Wildman–Crippen MR) is 101 cm³/mol.